The SMILES string of the molecule is COC(=O)CCN(C)C(=O)Cc1c(C)nn(C)c1C. The van der Waals surface area contributed by atoms with Crippen molar-refractivity contribution >= 4 is 11.9 Å². The molecule has 0 radical (unpaired) electrons. The van der Waals surface area contributed by atoms with Crippen molar-refractivity contribution in [3.8, 4) is 0 Å². The van der Waals surface area contributed by atoms with E-state index in [4.69, 9.17) is 0 Å². The van der Waals surface area contributed by atoms with Crippen molar-refractivity contribution in [2.24, 2.45) is 7.05 Å². The van der Waals surface area contributed by atoms with Crippen molar-refractivity contribution in [2.45, 2.75) is 26.7 Å². The third-order valence-electron chi connectivity index (χ3n) is 3.29. The fourth-order valence-electron chi connectivity index (χ4n) is 1.85. The highest BCUT2D eigenvalue weighted by molar-refractivity contribution is 5.79. The van der Waals surface area contributed by atoms with E-state index in [1.165, 1.54) is 7.11 Å². The quantitative estimate of drug-likeness (QED) is 0.733. The van der Waals surface area contributed by atoms with Gasteiger partial charge in [-0.05, 0) is 13.8 Å². The van der Waals surface area contributed by atoms with Crippen LogP contribution in [0.5, 0.6) is 0 Å². The molecule has 0 aliphatic rings. The van der Waals surface area contributed by atoms with Gasteiger partial charge in [0, 0.05) is 31.9 Å². The Kier molecular flexibility index (Phi) is 5.09. The highest BCUT2D eigenvalue weighted by Crippen LogP contribution is 2.13. The maximum atomic E-state index is 12.1. The minimum Gasteiger partial charge on any atom is -0.469 e. The average molecular weight is 267 g/mol. The molecule has 0 N–H and O–H groups in total. The minimum absolute atomic E-state index is 0.0249. The lowest BCUT2D eigenvalue weighted by molar-refractivity contribution is -0.141. The van der Waals surface area contributed by atoms with Crippen LogP contribution in [0.4, 0.5) is 0 Å². The number of amides is 1. The minimum atomic E-state index is -0.312. The zero-order valence-electron chi connectivity index (χ0n) is 12.2. The molecule has 0 atom stereocenters. The topological polar surface area (TPSA) is 64.4 Å². The number of hydrogen-bond acceptors (Lipinski definition) is 4. The third kappa shape index (κ3) is 3.81. The number of rotatable bonds is 5. The Morgan fingerprint density at radius 3 is 2.47 bits per heavy atom. The molecule has 6 nitrogen and oxygen atoms in total. The van der Waals surface area contributed by atoms with Crippen molar-refractivity contribution in [3.63, 3.8) is 0 Å². The van der Waals surface area contributed by atoms with Crippen LogP contribution < -0.4 is 0 Å². The van der Waals surface area contributed by atoms with E-state index >= 15 is 0 Å². The molecule has 19 heavy (non-hydrogen) atoms. The summed E-state index contributed by atoms with van der Waals surface area (Å²) in [5.74, 6) is -0.337. The van der Waals surface area contributed by atoms with Crippen molar-refractivity contribution in [3.05, 3.63) is 17.0 Å². The van der Waals surface area contributed by atoms with E-state index in [0.717, 1.165) is 17.0 Å². The Morgan fingerprint density at radius 1 is 1.37 bits per heavy atom. The predicted molar refractivity (Wildman–Crippen MR) is 70.7 cm³/mol. The summed E-state index contributed by atoms with van der Waals surface area (Å²) < 4.78 is 6.32. The summed E-state index contributed by atoms with van der Waals surface area (Å²) >= 11 is 0. The van der Waals surface area contributed by atoms with E-state index in [2.05, 4.69) is 9.84 Å². The number of ether oxygens (including phenoxy) is 1. The first-order valence-corrected chi connectivity index (χ1v) is 6.16. The molecular formula is C13H21N3O3. The summed E-state index contributed by atoms with van der Waals surface area (Å²) in [5.41, 5.74) is 2.82. The first-order valence-electron chi connectivity index (χ1n) is 6.16. The van der Waals surface area contributed by atoms with Gasteiger partial charge in [0.2, 0.25) is 5.91 Å². The van der Waals surface area contributed by atoms with Gasteiger partial charge in [0.05, 0.1) is 25.6 Å². The van der Waals surface area contributed by atoms with Crippen LogP contribution in [0, 0.1) is 13.8 Å². The molecule has 1 amide bonds. The van der Waals surface area contributed by atoms with Crippen molar-refractivity contribution < 1.29 is 14.3 Å². The second-order valence-corrected chi connectivity index (χ2v) is 4.59. The summed E-state index contributed by atoms with van der Waals surface area (Å²) in [6, 6.07) is 0. The lowest BCUT2D eigenvalue weighted by Gasteiger charge is -2.16. The molecule has 0 aliphatic carbocycles. The number of hydrogen-bond donors (Lipinski definition) is 0. The summed E-state index contributed by atoms with van der Waals surface area (Å²) in [5, 5.41) is 4.28. The van der Waals surface area contributed by atoms with E-state index in [1.54, 1.807) is 16.6 Å². The van der Waals surface area contributed by atoms with Crippen LogP contribution in [-0.2, 0) is 27.8 Å². The van der Waals surface area contributed by atoms with Crippen LogP contribution in [0.2, 0.25) is 0 Å². The number of methoxy groups -OCH3 is 1. The smallest absolute Gasteiger partial charge is 0.307 e. The van der Waals surface area contributed by atoms with E-state index in [-0.39, 0.29) is 18.3 Å². The van der Waals surface area contributed by atoms with Gasteiger partial charge in [0.25, 0.3) is 0 Å². The van der Waals surface area contributed by atoms with Crippen molar-refractivity contribution in [1.82, 2.24) is 14.7 Å². The molecule has 0 fully saturated rings. The van der Waals surface area contributed by atoms with Gasteiger partial charge in [-0.1, -0.05) is 0 Å². The number of likely N-dealkylation sites (N-methyl/N-ethyl adjacent to an activating group) is 1. The molecule has 0 unspecified atom stereocenters. The number of aryl methyl sites for hydroxylation is 2. The highest BCUT2D eigenvalue weighted by atomic mass is 16.5. The Hall–Kier alpha value is -1.85. The van der Waals surface area contributed by atoms with Crippen molar-refractivity contribution in [2.75, 3.05) is 20.7 Å². The Morgan fingerprint density at radius 2 is 2.00 bits per heavy atom. The Labute approximate surface area is 113 Å². The molecule has 6 heteroatoms. The maximum absolute atomic E-state index is 12.1. The van der Waals surface area contributed by atoms with Crippen molar-refractivity contribution in [1.29, 1.82) is 0 Å². The van der Waals surface area contributed by atoms with Crippen LogP contribution in [-0.4, -0.2) is 47.3 Å². The first-order chi connectivity index (χ1) is 8.86. The van der Waals surface area contributed by atoms with Gasteiger partial charge in [0.15, 0.2) is 0 Å². The number of esters is 1. The van der Waals surface area contributed by atoms with Gasteiger partial charge in [-0.2, -0.15) is 5.10 Å². The van der Waals surface area contributed by atoms with E-state index in [0.29, 0.717) is 13.0 Å². The van der Waals surface area contributed by atoms with Crippen LogP contribution in [0.25, 0.3) is 0 Å². The fourth-order valence-corrected chi connectivity index (χ4v) is 1.85. The van der Waals surface area contributed by atoms with Gasteiger partial charge in [-0.3, -0.25) is 14.3 Å². The van der Waals surface area contributed by atoms with Crippen LogP contribution in [0.15, 0.2) is 0 Å². The highest BCUT2D eigenvalue weighted by Gasteiger charge is 2.16. The monoisotopic (exact) mass is 267 g/mol. The summed E-state index contributed by atoms with van der Waals surface area (Å²) in [6.07, 6.45) is 0.521. The second-order valence-electron chi connectivity index (χ2n) is 4.59. The summed E-state index contributed by atoms with van der Waals surface area (Å²) in [6.45, 7) is 4.20. The standard InChI is InChI=1S/C13H21N3O3/c1-9-11(10(2)16(4)14-9)8-12(17)15(3)7-6-13(18)19-5/h6-8H2,1-5H3. The van der Waals surface area contributed by atoms with Gasteiger partial charge in [0.1, 0.15) is 0 Å². The first kappa shape index (κ1) is 15.2. The Bertz CT molecular complexity index is 480. The predicted octanol–water partition coefficient (Wildman–Crippen LogP) is 0.601. The molecule has 1 aromatic heterocycles. The molecule has 0 saturated carbocycles. The van der Waals surface area contributed by atoms with E-state index < -0.39 is 0 Å². The molecule has 0 aliphatic heterocycles. The van der Waals surface area contributed by atoms with E-state index in [9.17, 15) is 9.59 Å². The fraction of sp³-hybridized carbons (Fsp3) is 0.615. The zero-order chi connectivity index (χ0) is 14.6. The molecule has 106 valence electrons. The molecule has 0 aromatic carbocycles. The second kappa shape index (κ2) is 6.36. The number of nitrogens with zero attached hydrogens (tertiary/aromatic N) is 3. The van der Waals surface area contributed by atoms with Gasteiger partial charge in [-0.15, -0.1) is 0 Å². The lowest BCUT2D eigenvalue weighted by Crippen LogP contribution is -2.30. The summed E-state index contributed by atoms with van der Waals surface area (Å²) in [7, 11) is 4.89. The van der Waals surface area contributed by atoms with Gasteiger partial charge >= 0.3 is 5.97 Å². The van der Waals surface area contributed by atoms with Crippen LogP contribution in [0.1, 0.15) is 23.4 Å². The molecule has 1 heterocycles. The number of carbonyl (C=O) groups is 2. The van der Waals surface area contributed by atoms with Gasteiger partial charge < -0.3 is 9.64 Å². The molecule has 0 bridgehead atoms. The number of aromatic nitrogens is 2. The van der Waals surface area contributed by atoms with Crippen LogP contribution in [0.3, 0.4) is 0 Å². The zero-order valence-corrected chi connectivity index (χ0v) is 12.2. The molecule has 0 saturated heterocycles. The van der Waals surface area contributed by atoms with Gasteiger partial charge in [-0.25, -0.2) is 0 Å². The lowest BCUT2D eigenvalue weighted by atomic mass is 10.1. The Balaban J connectivity index is 2.61. The van der Waals surface area contributed by atoms with Crippen LogP contribution >= 0.6 is 0 Å². The molecule has 1 aromatic rings. The normalized spacial score (nSPS) is 10.4. The average Bonchev–Trinajstić information content (AvgIpc) is 2.61. The largest absolute Gasteiger partial charge is 0.469 e. The molecular weight excluding hydrogens is 246 g/mol. The summed E-state index contributed by atoms with van der Waals surface area (Å²) in [4.78, 5) is 24.6. The molecule has 0 spiro atoms. The number of carbonyl (C=O) groups excluding carboxylic acids is 2. The maximum Gasteiger partial charge on any atom is 0.307 e. The van der Waals surface area contributed by atoms with E-state index in [1.807, 2.05) is 20.9 Å². The molecule has 1 rings (SSSR count). The third-order valence-corrected chi connectivity index (χ3v) is 3.29.